The summed E-state index contributed by atoms with van der Waals surface area (Å²) in [6, 6.07) is 14.4. The summed E-state index contributed by atoms with van der Waals surface area (Å²) in [7, 11) is -1.81. The molecule has 0 N–H and O–H groups in total. The molecule has 1 aliphatic rings. The van der Waals surface area contributed by atoms with E-state index < -0.39 is 10.0 Å². The van der Waals surface area contributed by atoms with Crippen LogP contribution in [-0.4, -0.2) is 43.7 Å². The highest BCUT2D eigenvalue weighted by Gasteiger charge is 2.26. The molecule has 0 amide bonds. The van der Waals surface area contributed by atoms with Gasteiger partial charge in [0.15, 0.2) is 5.78 Å². The van der Waals surface area contributed by atoms with E-state index in [4.69, 9.17) is 4.74 Å². The summed E-state index contributed by atoms with van der Waals surface area (Å²) < 4.78 is 32.1. The summed E-state index contributed by atoms with van der Waals surface area (Å²) >= 11 is 0. The van der Waals surface area contributed by atoms with Crippen LogP contribution in [0.15, 0.2) is 53.4 Å². The van der Waals surface area contributed by atoms with Crippen molar-refractivity contribution in [3.05, 3.63) is 65.4 Å². The maximum absolute atomic E-state index is 12.9. The smallest absolute Gasteiger partial charge is 0.243 e. The molecule has 31 heavy (non-hydrogen) atoms. The van der Waals surface area contributed by atoms with Crippen LogP contribution in [0.3, 0.4) is 0 Å². The lowest BCUT2D eigenvalue weighted by molar-refractivity contribution is 0.0982. The van der Waals surface area contributed by atoms with Gasteiger partial charge in [0.05, 0.1) is 17.5 Å². The second kappa shape index (κ2) is 8.77. The summed E-state index contributed by atoms with van der Waals surface area (Å²) in [5, 5.41) is 0.866. The number of Topliss-reactive ketones (excluding diaryl/α,β-unsaturated/α-hetero) is 1. The number of aryl methyl sites for hydroxylation is 2. The van der Waals surface area contributed by atoms with Crippen LogP contribution in [-0.2, 0) is 16.4 Å². The third-order valence-corrected chi connectivity index (χ3v) is 7.69. The Morgan fingerprint density at radius 3 is 2.45 bits per heavy atom. The second-order valence-electron chi connectivity index (χ2n) is 7.86. The van der Waals surface area contributed by atoms with Gasteiger partial charge in [-0.05, 0) is 68.1 Å². The Morgan fingerprint density at radius 1 is 1.06 bits per heavy atom. The first-order valence-electron chi connectivity index (χ1n) is 10.5. The minimum Gasteiger partial charge on any atom is -0.497 e. The van der Waals surface area contributed by atoms with Gasteiger partial charge in [-0.3, -0.25) is 9.78 Å². The highest BCUT2D eigenvalue weighted by molar-refractivity contribution is 7.89. The number of ketones is 1. The number of carbonyl (C=O) groups is 1. The van der Waals surface area contributed by atoms with Crippen molar-refractivity contribution in [3.63, 3.8) is 0 Å². The number of hydrogen-bond donors (Lipinski definition) is 0. The van der Waals surface area contributed by atoms with Gasteiger partial charge < -0.3 is 4.74 Å². The molecular formula is C24H26N2O4S. The number of sulfonamides is 1. The fourth-order valence-electron chi connectivity index (χ4n) is 3.96. The average Bonchev–Trinajstić information content (AvgIpc) is 3.33. The van der Waals surface area contributed by atoms with Crippen LogP contribution < -0.4 is 4.74 Å². The molecule has 0 bridgehead atoms. The molecule has 1 saturated heterocycles. The number of rotatable bonds is 7. The molecule has 1 aromatic heterocycles. The normalized spacial score (nSPS) is 14.8. The summed E-state index contributed by atoms with van der Waals surface area (Å²) in [6.07, 6.45) is 2.69. The third-order valence-electron chi connectivity index (χ3n) is 5.78. The first-order valence-corrected chi connectivity index (χ1v) is 11.9. The molecule has 162 valence electrons. The van der Waals surface area contributed by atoms with Crippen molar-refractivity contribution in [3.8, 4) is 5.75 Å². The Hall–Kier alpha value is -2.77. The Balaban J connectivity index is 1.46. The van der Waals surface area contributed by atoms with Crippen molar-refractivity contribution >= 4 is 26.7 Å². The van der Waals surface area contributed by atoms with Gasteiger partial charge in [-0.25, -0.2) is 8.42 Å². The van der Waals surface area contributed by atoms with E-state index in [1.54, 1.807) is 31.4 Å². The number of fused-ring (bicyclic) bond motifs is 1. The van der Waals surface area contributed by atoms with E-state index in [0.717, 1.165) is 35.1 Å². The molecule has 6 nitrogen and oxygen atoms in total. The predicted octanol–water partition coefficient (Wildman–Crippen LogP) is 4.15. The lowest BCUT2D eigenvalue weighted by Gasteiger charge is -2.15. The minimum absolute atomic E-state index is 0.0171. The summed E-state index contributed by atoms with van der Waals surface area (Å²) in [4.78, 5) is 17.7. The molecule has 1 aliphatic heterocycles. The fraction of sp³-hybridized carbons (Fsp3) is 0.333. The number of nitrogens with zero attached hydrogens (tertiary/aromatic N) is 2. The van der Waals surface area contributed by atoms with Crippen molar-refractivity contribution in [1.82, 2.24) is 9.29 Å². The molecule has 2 heterocycles. The monoisotopic (exact) mass is 438 g/mol. The van der Waals surface area contributed by atoms with Gasteiger partial charge in [-0.1, -0.05) is 12.1 Å². The minimum atomic E-state index is -3.41. The van der Waals surface area contributed by atoms with E-state index in [-0.39, 0.29) is 5.78 Å². The number of hydrogen-bond acceptors (Lipinski definition) is 5. The highest BCUT2D eigenvalue weighted by Crippen LogP contribution is 2.24. The number of benzene rings is 2. The number of ether oxygens (including phenoxy) is 1. The van der Waals surface area contributed by atoms with Crippen LogP contribution >= 0.6 is 0 Å². The molecule has 3 aromatic rings. The molecule has 2 aromatic carbocycles. The molecule has 0 unspecified atom stereocenters. The van der Waals surface area contributed by atoms with Gasteiger partial charge in [0.2, 0.25) is 10.0 Å². The largest absolute Gasteiger partial charge is 0.497 e. The second-order valence-corrected chi connectivity index (χ2v) is 9.80. The van der Waals surface area contributed by atoms with Gasteiger partial charge in [-0.2, -0.15) is 4.31 Å². The van der Waals surface area contributed by atoms with Crippen LogP contribution in [0.2, 0.25) is 0 Å². The molecule has 7 heteroatoms. The molecule has 0 aliphatic carbocycles. The zero-order valence-corrected chi connectivity index (χ0v) is 18.6. The van der Waals surface area contributed by atoms with Crippen LogP contribution in [0.1, 0.15) is 40.9 Å². The Morgan fingerprint density at radius 2 is 1.77 bits per heavy atom. The quantitative estimate of drug-likeness (QED) is 0.518. The van der Waals surface area contributed by atoms with Crippen LogP contribution in [0.25, 0.3) is 10.9 Å². The van der Waals surface area contributed by atoms with Crippen molar-refractivity contribution < 1.29 is 17.9 Å². The Bertz CT molecular complexity index is 1210. The zero-order valence-electron chi connectivity index (χ0n) is 17.8. The molecule has 0 saturated carbocycles. The Kier molecular flexibility index (Phi) is 6.07. The summed E-state index contributed by atoms with van der Waals surface area (Å²) in [5.41, 5.74) is 3.06. The van der Waals surface area contributed by atoms with Crippen molar-refractivity contribution in [2.45, 2.75) is 37.5 Å². The first kappa shape index (κ1) is 21.5. The summed E-state index contributed by atoms with van der Waals surface area (Å²) in [6.45, 7) is 3.02. The van der Waals surface area contributed by atoms with Gasteiger partial charge in [0.25, 0.3) is 0 Å². The molecule has 0 radical (unpaired) electrons. The zero-order chi connectivity index (χ0) is 22.0. The van der Waals surface area contributed by atoms with Gasteiger partial charge in [0.1, 0.15) is 5.75 Å². The topological polar surface area (TPSA) is 76.6 Å². The fourth-order valence-corrected chi connectivity index (χ4v) is 5.48. The maximum Gasteiger partial charge on any atom is 0.243 e. The van der Waals surface area contributed by atoms with E-state index in [9.17, 15) is 13.2 Å². The van der Waals surface area contributed by atoms with E-state index in [2.05, 4.69) is 4.98 Å². The predicted molar refractivity (Wildman–Crippen MR) is 120 cm³/mol. The maximum atomic E-state index is 12.9. The number of carbonyl (C=O) groups excluding carboxylic acids is 1. The van der Waals surface area contributed by atoms with Crippen molar-refractivity contribution in [1.29, 1.82) is 0 Å². The summed E-state index contributed by atoms with van der Waals surface area (Å²) in [5.74, 6) is 0.740. The number of pyridine rings is 1. The lowest BCUT2D eigenvalue weighted by Crippen LogP contribution is -2.27. The van der Waals surface area contributed by atoms with Gasteiger partial charge in [0, 0.05) is 36.2 Å². The van der Waals surface area contributed by atoms with Gasteiger partial charge in [-0.15, -0.1) is 0 Å². The van der Waals surface area contributed by atoms with Crippen LogP contribution in [0.4, 0.5) is 0 Å². The first-order chi connectivity index (χ1) is 14.9. The van der Waals surface area contributed by atoms with E-state index in [1.807, 2.05) is 31.2 Å². The number of methoxy groups -OCH3 is 1. The molecule has 0 atom stereocenters. The molecule has 1 fully saturated rings. The van der Waals surface area contributed by atoms with Crippen molar-refractivity contribution in [2.75, 3.05) is 20.2 Å². The van der Waals surface area contributed by atoms with E-state index >= 15 is 0 Å². The highest BCUT2D eigenvalue weighted by atomic mass is 32.2. The van der Waals surface area contributed by atoms with E-state index in [0.29, 0.717) is 42.1 Å². The van der Waals surface area contributed by atoms with Crippen LogP contribution in [0, 0.1) is 6.92 Å². The lowest BCUT2D eigenvalue weighted by atomic mass is 10.0. The number of aromatic nitrogens is 1. The van der Waals surface area contributed by atoms with Crippen LogP contribution in [0.5, 0.6) is 5.75 Å². The average molecular weight is 439 g/mol. The van der Waals surface area contributed by atoms with E-state index in [1.165, 1.54) is 4.31 Å². The Labute approximate surface area is 182 Å². The molecular weight excluding hydrogens is 412 g/mol. The molecule has 4 rings (SSSR count). The third kappa shape index (κ3) is 4.48. The SMILES string of the molecule is COc1ccc2nc(C)c(C(=O)CCc3ccc(S(=O)(=O)N4CCCC4)cc3)cc2c1. The standard InChI is InChI=1S/C24H26N2O4S/c1-17-22(16-19-15-20(30-2)8-11-23(19)25-17)24(27)12-7-18-5-9-21(10-6-18)31(28,29)26-13-3-4-14-26/h5-6,8-11,15-16H,3-4,7,12-14H2,1-2H3. The molecule has 0 spiro atoms. The van der Waals surface area contributed by atoms with Gasteiger partial charge >= 0.3 is 0 Å². The van der Waals surface area contributed by atoms with Crippen molar-refractivity contribution in [2.24, 2.45) is 0 Å².